The standard InChI is InChI=1S/C16H23NO4.C2H4O2/c1-16(2,3)21-14(18)9-13(15(19)20)8-11-4-6-12(10-17)7-5-11;1-2(3)4/h4-7,13H,8-10,17H2,1-3H3,(H,19,20);1H3,(H,3,4)/t13-;/m1./s1. The maximum atomic E-state index is 11.8. The molecule has 1 rings (SSSR count). The van der Waals surface area contributed by atoms with Crippen LogP contribution in [0.2, 0.25) is 0 Å². The van der Waals surface area contributed by atoms with Gasteiger partial charge in [0.1, 0.15) is 5.60 Å². The molecule has 0 aromatic heterocycles. The van der Waals surface area contributed by atoms with Crippen LogP contribution in [0.1, 0.15) is 45.2 Å². The van der Waals surface area contributed by atoms with Gasteiger partial charge in [-0.05, 0) is 38.3 Å². The predicted molar refractivity (Wildman–Crippen MR) is 92.9 cm³/mol. The lowest BCUT2D eigenvalue weighted by Gasteiger charge is -2.21. The molecule has 7 heteroatoms. The Morgan fingerprint density at radius 3 is 1.88 bits per heavy atom. The molecule has 0 amide bonds. The summed E-state index contributed by atoms with van der Waals surface area (Å²) in [5.41, 5.74) is 6.76. The predicted octanol–water partition coefficient (Wildman–Crippen LogP) is 2.21. The molecule has 1 aromatic carbocycles. The number of carboxylic acid groups (broad SMARTS) is 2. The zero-order valence-corrected chi connectivity index (χ0v) is 15.1. The quantitative estimate of drug-likeness (QED) is 0.669. The first-order valence-corrected chi connectivity index (χ1v) is 7.86. The minimum absolute atomic E-state index is 0.134. The van der Waals surface area contributed by atoms with Gasteiger partial charge in [-0.1, -0.05) is 24.3 Å². The fraction of sp³-hybridized carbons (Fsp3) is 0.500. The largest absolute Gasteiger partial charge is 0.481 e. The van der Waals surface area contributed by atoms with Gasteiger partial charge in [0.05, 0.1) is 12.3 Å². The van der Waals surface area contributed by atoms with Crippen molar-refractivity contribution in [2.24, 2.45) is 11.7 Å². The second-order valence-electron chi connectivity index (χ2n) is 6.57. The number of nitrogens with two attached hydrogens (primary N) is 1. The van der Waals surface area contributed by atoms with Crippen LogP contribution in [0.15, 0.2) is 24.3 Å². The molecular weight excluding hydrogens is 326 g/mol. The summed E-state index contributed by atoms with van der Waals surface area (Å²) in [6.45, 7) is 6.80. The first kappa shape index (κ1) is 22.6. The Kier molecular flexibility index (Phi) is 9.45. The van der Waals surface area contributed by atoms with Crippen molar-refractivity contribution in [3.8, 4) is 0 Å². The van der Waals surface area contributed by atoms with E-state index in [2.05, 4.69) is 0 Å². The van der Waals surface area contributed by atoms with Crippen LogP contribution in [-0.4, -0.2) is 33.7 Å². The number of ether oxygens (including phenoxy) is 1. The molecule has 0 spiro atoms. The molecule has 0 saturated heterocycles. The highest BCUT2D eigenvalue weighted by molar-refractivity contribution is 5.79. The summed E-state index contributed by atoms with van der Waals surface area (Å²) < 4.78 is 5.17. The smallest absolute Gasteiger partial charge is 0.307 e. The summed E-state index contributed by atoms with van der Waals surface area (Å²) in [4.78, 5) is 32.1. The fourth-order valence-corrected chi connectivity index (χ4v) is 1.93. The third-order valence-corrected chi connectivity index (χ3v) is 2.92. The van der Waals surface area contributed by atoms with Crippen molar-refractivity contribution in [3.63, 3.8) is 0 Å². The van der Waals surface area contributed by atoms with E-state index >= 15 is 0 Å². The SMILES string of the molecule is CC(=O)O.CC(C)(C)OC(=O)C[C@@H](Cc1ccc(CN)cc1)C(=O)O. The van der Waals surface area contributed by atoms with Gasteiger partial charge in [0.2, 0.25) is 0 Å². The van der Waals surface area contributed by atoms with Crippen molar-refractivity contribution in [1.82, 2.24) is 0 Å². The molecule has 4 N–H and O–H groups in total. The highest BCUT2D eigenvalue weighted by Gasteiger charge is 2.25. The Bertz CT molecular complexity index is 570. The Morgan fingerprint density at radius 1 is 1.08 bits per heavy atom. The van der Waals surface area contributed by atoms with Crippen molar-refractivity contribution in [3.05, 3.63) is 35.4 Å². The molecule has 0 aliphatic carbocycles. The summed E-state index contributed by atoms with van der Waals surface area (Å²) in [5, 5.41) is 16.7. The summed E-state index contributed by atoms with van der Waals surface area (Å²) in [5.74, 6) is -3.11. The van der Waals surface area contributed by atoms with Gasteiger partial charge in [0.25, 0.3) is 5.97 Å². The summed E-state index contributed by atoms with van der Waals surface area (Å²) in [6, 6.07) is 7.41. The molecule has 1 atom stereocenters. The van der Waals surface area contributed by atoms with E-state index in [-0.39, 0.29) is 6.42 Å². The van der Waals surface area contributed by atoms with E-state index in [1.165, 1.54) is 0 Å². The van der Waals surface area contributed by atoms with Crippen molar-refractivity contribution in [2.45, 2.75) is 52.7 Å². The molecule has 0 aliphatic heterocycles. The van der Waals surface area contributed by atoms with E-state index in [4.69, 9.17) is 20.4 Å². The Labute approximate surface area is 147 Å². The number of carbonyl (C=O) groups is 3. The molecule has 0 unspecified atom stereocenters. The molecule has 140 valence electrons. The van der Waals surface area contributed by atoms with Crippen LogP contribution in [0.3, 0.4) is 0 Å². The van der Waals surface area contributed by atoms with Crippen molar-refractivity contribution < 1.29 is 29.3 Å². The molecular formula is C18H27NO6. The van der Waals surface area contributed by atoms with Crippen LogP contribution < -0.4 is 5.73 Å². The lowest BCUT2D eigenvalue weighted by molar-refractivity contribution is -0.159. The van der Waals surface area contributed by atoms with Gasteiger partial charge in [-0.15, -0.1) is 0 Å². The number of hydrogen-bond acceptors (Lipinski definition) is 5. The average Bonchev–Trinajstić information content (AvgIpc) is 2.44. The molecule has 1 aromatic rings. The van der Waals surface area contributed by atoms with E-state index in [1.54, 1.807) is 20.8 Å². The lowest BCUT2D eigenvalue weighted by atomic mass is 9.95. The number of aliphatic carboxylic acids is 2. The minimum atomic E-state index is -0.997. The van der Waals surface area contributed by atoms with Gasteiger partial charge in [-0.25, -0.2) is 0 Å². The van der Waals surface area contributed by atoms with Crippen molar-refractivity contribution >= 4 is 17.9 Å². The van der Waals surface area contributed by atoms with E-state index in [9.17, 15) is 14.7 Å². The third kappa shape index (κ3) is 11.7. The Hall–Kier alpha value is -2.41. The molecule has 0 heterocycles. The van der Waals surface area contributed by atoms with Crippen molar-refractivity contribution in [2.75, 3.05) is 0 Å². The van der Waals surface area contributed by atoms with Crippen LogP contribution in [0, 0.1) is 5.92 Å². The Balaban J connectivity index is 0.00000129. The maximum Gasteiger partial charge on any atom is 0.307 e. The average molecular weight is 353 g/mol. The zero-order chi connectivity index (χ0) is 19.6. The summed E-state index contributed by atoms with van der Waals surface area (Å²) in [7, 11) is 0. The molecule has 7 nitrogen and oxygen atoms in total. The molecule has 0 saturated carbocycles. The first-order chi connectivity index (χ1) is 11.4. The molecule has 0 bridgehead atoms. The van der Waals surface area contributed by atoms with Crippen LogP contribution in [0.25, 0.3) is 0 Å². The van der Waals surface area contributed by atoms with Crippen LogP contribution in [0.5, 0.6) is 0 Å². The van der Waals surface area contributed by atoms with E-state index < -0.39 is 29.4 Å². The first-order valence-electron chi connectivity index (χ1n) is 7.86. The maximum absolute atomic E-state index is 11.8. The highest BCUT2D eigenvalue weighted by Crippen LogP contribution is 2.17. The summed E-state index contributed by atoms with van der Waals surface area (Å²) in [6.07, 6.45) is 0.157. The second-order valence-corrected chi connectivity index (χ2v) is 6.57. The van der Waals surface area contributed by atoms with Gasteiger partial charge >= 0.3 is 11.9 Å². The number of hydrogen-bond donors (Lipinski definition) is 3. The molecule has 0 fully saturated rings. The highest BCUT2D eigenvalue weighted by atomic mass is 16.6. The Morgan fingerprint density at radius 2 is 1.52 bits per heavy atom. The fourth-order valence-electron chi connectivity index (χ4n) is 1.93. The topological polar surface area (TPSA) is 127 Å². The molecule has 0 aliphatic rings. The monoisotopic (exact) mass is 353 g/mol. The lowest BCUT2D eigenvalue weighted by Crippen LogP contribution is -2.28. The van der Waals surface area contributed by atoms with Crippen LogP contribution in [-0.2, 0) is 32.1 Å². The van der Waals surface area contributed by atoms with Gasteiger partial charge in [-0.2, -0.15) is 0 Å². The van der Waals surface area contributed by atoms with Gasteiger partial charge < -0.3 is 20.7 Å². The van der Waals surface area contributed by atoms with Crippen LogP contribution in [0.4, 0.5) is 0 Å². The van der Waals surface area contributed by atoms with E-state index in [0.717, 1.165) is 18.1 Å². The van der Waals surface area contributed by atoms with Gasteiger partial charge in [0.15, 0.2) is 0 Å². The van der Waals surface area contributed by atoms with E-state index in [0.29, 0.717) is 13.0 Å². The molecule has 25 heavy (non-hydrogen) atoms. The normalized spacial score (nSPS) is 11.7. The third-order valence-electron chi connectivity index (χ3n) is 2.92. The minimum Gasteiger partial charge on any atom is -0.481 e. The molecule has 0 radical (unpaired) electrons. The summed E-state index contributed by atoms with van der Waals surface area (Å²) >= 11 is 0. The van der Waals surface area contributed by atoms with Gasteiger partial charge in [0, 0.05) is 13.5 Å². The van der Waals surface area contributed by atoms with Crippen LogP contribution >= 0.6 is 0 Å². The van der Waals surface area contributed by atoms with Crippen molar-refractivity contribution in [1.29, 1.82) is 0 Å². The number of carbonyl (C=O) groups excluding carboxylic acids is 1. The number of rotatable bonds is 6. The second kappa shape index (κ2) is 10.5. The number of esters is 1. The number of benzene rings is 1. The zero-order valence-electron chi connectivity index (χ0n) is 15.1. The van der Waals surface area contributed by atoms with E-state index in [1.807, 2.05) is 24.3 Å². The number of carboxylic acids is 2. The van der Waals surface area contributed by atoms with Gasteiger partial charge in [-0.3, -0.25) is 14.4 Å².